The third kappa shape index (κ3) is 6.43. The monoisotopic (exact) mass is 471 g/mol. The molecule has 1 amide bonds. The van der Waals surface area contributed by atoms with Crippen LogP contribution in [0.15, 0.2) is 52.9 Å². The molecule has 0 unspecified atom stereocenters. The van der Waals surface area contributed by atoms with Gasteiger partial charge in [-0.2, -0.15) is 0 Å². The van der Waals surface area contributed by atoms with Gasteiger partial charge >= 0.3 is 0 Å². The van der Waals surface area contributed by atoms with Crippen molar-refractivity contribution < 1.29 is 17.9 Å². The SMILES string of the molecule is CN1CCN(C(=O)COc2ccc(S(=O)(=O)C=Cc3ncccc3Cl)cc2)CC1.Cl. The van der Waals surface area contributed by atoms with Crippen molar-refractivity contribution in [3.8, 4) is 5.75 Å². The van der Waals surface area contributed by atoms with E-state index < -0.39 is 9.84 Å². The highest BCUT2D eigenvalue weighted by molar-refractivity contribution is 7.94. The van der Waals surface area contributed by atoms with Crippen molar-refractivity contribution in [3.63, 3.8) is 0 Å². The Morgan fingerprint density at radius 3 is 2.47 bits per heavy atom. The van der Waals surface area contributed by atoms with Crippen LogP contribution in [0.2, 0.25) is 5.02 Å². The Balaban J connectivity index is 0.00000320. The maximum Gasteiger partial charge on any atom is 0.260 e. The quantitative estimate of drug-likeness (QED) is 0.644. The lowest BCUT2D eigenvalue weighted by atomic mass is 10.3. The van der Waals surface area contributed by atoms with Gasteiger partial charge in [0.15, 0.2) is 16.4 Å². The average molecular weight is 472 g/mol. The molecule has 0 radical (unpaired) electrons. The van der Waals surface area contributed by atoms with Crippen LogP contribution in [0.5, 0.6) is 5.75 Å². The van der Waals surface area contributed by atoms with Crippen LogP contribution in [0.25, 0.3) is 6.08 Å². The zero-order chi connectivity index (χ0) is 20.9. The third-order valence-corrected chi connectivity index (χ3v) is 6.31. The molecule has 0 atom stereocenters. The first-order valence-electron chi connectivity index (χ1n) is 9.08. The number of amides is 1. The van der Waals surface area contributed by atoms with Gasteiger partial charge in [0.05, 0.1) is 15.6 Å². The fourth-order valence-corrected chi connectivity index (χ4v) is 3.94. The minimum atomic E-state index is -3.66. The van der Waals surface area contributed by atoms with Crippen LogP contribution in [0.1, 0.15) is 5.69 Å². The molecule has 30 heavy (non-hydrogen) atoms. The normalized spacial score (nSPS) is 15.1. The van der Waals surface area contributed by atoms with Gasteiger partial charge < -0.3 is 14.5 Å². The standard InChI is InChI=1S/C20H22ClN3O4S.ClH/c1-23-10-12-24(13-11-23)20(25)15-28-16-4-6-17(7-5-16)29(26,27)14-8-19-18(21)3-2-9-22-19;/h2-9,14H,10-13,15H2,1H3;1H. The summed E-state index contributed by atoms with van der Waals surface area (Å²) in [5.41, 5.74) is 0.375. The van der Waals surface area contributed by atoms with E-state index in [0.29, 0.717) is 29.6 Å². The highest BCUT2D eigenvalue weighted by atomic mass is 35.5. The second-order valence-corrected chi connectivity index (χ2v) is 8.90. The van der Waals surface area contributed by atoms with Crippen molar-refractivity contribution in [2.75, 3.05) is 39.8 Å². The first kappa shape index (κ1) is 24.1. The number of sulfone groups is 1. The molecule has 0 N–H and O–H groups in total. The summed E-state index contributed by atoms with van der Waals surface area (Å²) in [6.07, 6.45) is 2.89. The first-order chi connectivity index (χ1) is 13.8. The maximum atomic E-state index is 12.5. The number of hydrogen-bond donors (Lipinski definition) is 0. The number of aromatic nitrogens is 1. The van der Waals surface area contributed by atoms with Crippen molar-refractivity contribution in [1.29, 1.82) is 0 Å². The van der Waals surface area contributed by atoms with Gasteiger partial charge in [-0.05, 0) is 49.5 Å². The number of rotatable bonds is 6. The van der Waals surface area contributed by atoms with Gasteiger partial charge in [0.1, 0.15) is 5.75 Å². The Bertz CT molecular complexity index is 989. The van der Waals surface area contributed by atoms with Crippen LogP contribution in [-0.2, 0) is 14.6 Å². The summed E-state index contributed by atoms with van der Waals surface area (Å²) in [7, 11) is -1.64. The summed E-state index contributed by atoms with van der Waals surface area (Å²) in [6.45, 7) is 2.98. The summed E-state index contributed by atoms with van der Waals surface area (Å²) in [4.78, 5) is 20.3. The van der Waals surface area contributed by atoms with E-state index in [1.165, 1.54) is 36.5 Å². The number of benzene rings is 1. The van der Waals surface area contributed by atoms with Gasteiger partial charge in [-0.3, -0.25) is 9.78 Å². The molecule has 0 aliphatic carbocycles. The molecule has 1 aromatic heterocycles. The van der Waals surface area contributed by atoms with E-state index in [2.05, 4.69) is 9.88 Å². The molecule has 10 heteroatoms. The van der Waals surface area contributed by atoms with E-state index in [4.69, 9.17) is 16.3 Å². The molecule has 7 nitrogen and oxygen atoms in total. The van der Waals surface area contributed by atoms with Crippen LogP contribution >= 0.6 is 24.0 Å². The number of piperazine rings is 1. The van der Waals surface area contributed by atoms with E-state index in [-0.39, 0.29) is 29.8 Å². The largest absolute Gasteiger partial charge is 0.484 e. The summed E-state index contributed by atoms with van der Waals surface area (Å²) in [5.74, 6) is 0.355. The molecule has 1 aliphatic heterocycles. The Labute approximate surface area is 187 Å². The molecule has 1 fully saturated rings. The van der Waals surface area contributed by atoms with Gasteiger partial charge in [0, 0.05) is 37.8 Å². The topological polar surface area (TPSA) is 79.8 Å². The molecule has 3 rings (SSSR count). The minimum Gasteiger partial charge on any atom is -0.484 e. The maximum absolute atomic E-state index is 12.5. The second kappa shape index (κ2) is 10.8. The third-order valence-electron chi connectivity index (χ3n) is 4.56. The summed E-state index contributed by atoms with van der Waals surface area (Å²) in [5, 5.41) is 1.43. The highest BCUT2D eigenvalue weighted by Crippen LogP contribution is 2.20. The van der Waals surface area contributed by atoms with Gasteiger partial charge in [0.2, 0.25) is 0 Å². The van der Waals surface area contributed by atoms with Crippen molar-refractivity contribution in [2.24, 2.45) is 0 Å². The van der Waals surface area contributed by atoms with Crippen molar-refractivity contribution in [1.82, 2.24) is 14.8 Å². The smallest absolute Gasteiger partial charge is 0.260 e. The summed E-state index contributed by atoms with van der Waals surface area (Å²) >= 11 is 5.98. The molecular weight excluding hydrogens is 449 g/mol. The zero-order valence-corrected chi connectivity index (χ0v) is 18.8. The molecule has 2 heterocycles. The number of likely N-dealkylation sites (N-methyl/N-ethyl adjacent to an activating group) is 1. The number of ether oxygens (including phenoxy) is 1. The molecule has 0 saturated carbocycles. The number of carbonyl (C=O) groups is 1. The summed E-state index contributed by atoms with van der Waals surface area (Å²) < 4.78 is 30.4. The number of hydrogen-bond acceptors (Lipinski definition) is 6. The minimum absolute atomic E-state index is 0. The molecule has 1 aliphatic rings. The second-order valence-electron chi connectivity index (χ2n) is 6.66. The lowest BCUT2D eigenvalue weighted by Gasteiger charge is -2.32. The molecule has 162 valence electrons. The number of carbonyl (C=O) groups excluding carboxylic acids is 1. The first-order valence-corrected chi connectivity index (χ1v) is 11.0. The summed E-state index contributed by atoms with van der Waals surface area (Å²) in [6, 6.07) is 9.25. The lowest BCUT2D eigenvalue weighted by Crippen LogP contribution is -2.48. The Kier molecular flexibility index (Phi) is 8.66. The Morgan fingerprint density at radius 2 is 1.83 bits per heavy atom. The Hall–Kier alpha value is -2.13. The van der Waals surface area contributed by atoms with E-state index in [9.17, 15) is 13.2 Å². The van der Waals surface area contributed by atoms with Crippen molar-refractivity contribution in [2.45, 2.75) is 4.90 Å². The van der Waals surface area contributed by atoms with E-state index in [0.717, 1.165) is 18.5 Å². The number of pyridine rings is 1. The van der Waals surface area contributed by atoms with Gasteiger partial charge in [-0.25, -0.2) is 8.42 Å². The predicted molar refractivity (Wildman–Crippen MR) is 119 cm³/mol. The highest BCUT2D eigenvalue weighted by Gasteiger charge is 2.19. The molecule has 2 aromatic rings. The van der Waals surface area contributed by atoms with Gasteiger partial charge in [-0.1, -0.05) is 11.6 Å². The van der Waals surface area contributed by atoms with E-state index in [1.807, 2.05) is 7.05 Å². The lowest BCUT2D eigenvalue weighted by molar-refractivity contribution is -0.134. The number of nitrogens with zero attached hydrogens (tertiary/aromatic N) is 3. The van der Waals surface area contributed by atoms with Crippen LogP contribution in [0, 0.1) is 0 Å². The van der Waals surface area contributed by atoms with Crippen molar-refractivity contribution >= 4 is 45.8 Å². The Morgan fingerprint density at radius 1 is 1.17 bits per heavy atom. The fourth-order valence-electron chi connectivity index (χ4n) is 2.77. The predicted octanol–water partition coefficient (Wildman–Crippen LogP) is 2.75. The molecule has 1 aromatic carbocycles. The van der Waals surface area contributed by atoms with Crippen molar-refractivity contribution in [3.05, 3.63) is 58.7 Å². The molecule has 0 bridgehead atoms. The molecular formula is C20H23Cl2N3O4S. The molecule has 0 spiro atoms. The average Bonchev–Trinajstić information content (AvgIpc) is 2.72. The van der Waals surface area contributed by atoms with E-state index in [1.54, 1.807) is 17.0 Å². The van der Waals surface area contributed by atoms with Crippen LogP contribution in [0.3, 0.4) is 0 Å². The van der Waals surface area contributed by atoms with Crippen LogP contribution in [-0.4, -0.2) is 68.9 Å². The number of halogens is 2. The van der Waals surface area contributed by atoms with Crippen LogP contribution in [0.4, 0.5) is 0 Å². The van der Waals surface area contributed by atoms with E-state index >= 15 is 0 Å². The zero-order valence-electron chi connectivity index (χ0n) is 16.4. The van der Waals surface area contributed by atoms with Gasteiger partial charge in [0.25, 0.3) is 5.91 Å². The van der Waals surface area contributed by atoms with Gasteiger partial charge in [-0.15, -0.1) is 12.4 Å². The molecule has 1 saturated heterocycles. The van der Waals surface area contributed by atoms with Crippen LogP contribution < -0.4 is 4.74 Å². The fraction of sp³-hybridized carbons (Fsp3) is 0.300.